The zero-order valence-corrected chi connectivity index (χ0v) is 19.8. The molecule has 5 rings (SSSR count). The van der Waals surface area contributed by atoms with Gasteiger partial charge in [0.05, 0.1) is 24.7 Å². The van der Waals surface area contributed by atoms with E-state index in [2.05, 4.69) is 25.5 Å². The molecule has 0 aliphatic heterocycles. The summed E-state index contributed by atoms with van der Waals surface area (Å²) >= 11 is 0. The largest absolute Gasteiger partial charge is 0.497 e. The van der Waals surface area contributed by atoms with Crippen LogP contribution in [0.15, 0.2) is 65.6 Å². The Labute approximate surface area is 205 Å². The number of ether oxygens (including phenoxy) is 2. The van der Waals surface area contributed by atoms with Gasteiger partial charge < -0.3 is 14.8 Å². The van der Waals surface area contributed by atoms with E-state index in [1.807, 2.05) is 31.2 Å². The minimum absolute atomic E-state index is 0.138. The van der Waals surface area contributed by atoms with Crippen molar-refractivity contribution < 1.29 is 14.3 Å². The number of aromatic nitrogens is 6. The van der Waals surface area contributed by atoms with Crippen molar-refractivity contribution in [1.29, 1.82) is 0 Å². The molecule has 0 atom stereocenters. The second kappa shape index (κ2) is 9.37. The maximum absolute atomic E-state index is 12.8. The van der Waals surface area contributed by atoms with Gasteiger partial charge in [-0.2, -0.15) is 19.9 Å². The van der Waals surface area contributed by atoms with Crippen LogP contribution in [-0.4, -0.2) is 49.2 Å². The van der Waals surface area contributed by atoms with Gasteiger partial charge in [-0.15, -0.1) is 0 Å². The molecule has 182 valence electrons. The summed E-state index contributed by atoms with van der Waals surface area (Å²) in [6, 6.07) is 16.3. The van der Waals surface area contributed by atoms with Gasteiger partial charge in [0.15, 0.2) is 12.3 Å². The van der Waals surface area contributed by atoms with E-state index in [0.717, 1.165) is 11.3 Å². The van der Waals surface area contributed by atoms with Crippen LogP contribution in [0.25, 0.3) is 22.7 Å². The lowest BCUT2D eigenvalue weighted by Crippen LogP contribution is -2.23. The van der Waals surface area contributed by atoms with Gasteiger partial charge in [0.2, 0.25) is 5.95 Å². The highest BCUT2D eigenvalue weighted by molar-refractivity contribution is 5.91. The summed E-state index contributed by atoms with van der Waals surface area (Å²) < 4.78 is 13.7. The first kappa shape index (κ1) is 22.8. The molecule has 11 heteroatoms. The number of benzene rings is 2. The lowest BCUT2D eigenvalue weighted by Gasteiger charge is -2.10. The first-order valence-electron chi connectivity index (χ1n) is 11.1. The Hall–Kier alpha value is -4.93. The number of fused-ring (bicyclic) bond motifs is 1. The lowest BCUT2D eigenvalue weighted by atomic mass is 10.2. The van der Waals surface area contributed by atoms with E-state index in [-0.39, 0.29) is 18.1 Å². The van der Waals surface area contributed by atoms with Crippen molar-refractivity contribution in [2.75, 3.05) is 19.0 Å². The van der Waals surface area contributed by atoms with Crippen LogP contribution in [0.3, 0.4) is 0 Å². The minimum Gasteiger partial charge on any atom is -0.497 e. The third-order valence-electron chi connectivity index (χ3n) is 5.38. The summed E-state index contributed by atoms with van der Waals surface area (Å²) in [5.41, 5.74) is 2.43. The fourth-order valence-corrected chi connectivity index (χ4v) is 3.72. The SMILES string of the molecule is COc1cccc(OCC(=O)Nc2cc(C)nn2-c2nc3c(cnn3-c3cccc(C)c3)c(=O)[nH]2)c1. The Morgan fingerprint density at radius 2 is 1.86 bits per heavy atom. The minimum atomic E-state index is -0.410. The van der Waals surface area contributed by atoms with E-state index in [0.29, 0.717) is 34.0 Å². The van der Waals surface area contributed by atoms with Crippen molar-refractivity contribution in [3.05, 3.63) is 82.4 Å². The van der Waals surface area contributed by atoms with E-state index in [9.17, 15) is 9.59 Å². The molecule has 5 aromatic rings. The molecule has 0 aliphatic rings. The Morgan fingerprint density at radius 3 is 2.67 bits per heavy atom. The maximum atomic E-state index is 12.8. The second-order valence-corrected chi connectivity index (χ2v) is 8.12. The van der Waals surface area contributed by atoms with Crippen LogP contribution in [0.4, 0.5) is 5.82 Å². The normalized spacial score (nSPS) is 11.0. The Kier molecular flexibility index (Phi) is 5.95. The van der Waals surface area contributed by atoms with E-state index in [1.54, 1.807) is 49.0 Å². The number of anilines is 1. The van der Waals surface area contributed by atoms with Gasteiger partial charge in [0, 0.05) is 12.1 Å². The molecule has 11 nitrogen and oxygen atoms in total. The van der Waals surface area contributed by atoms with Crippen LogP contribution >= 0.6 is 0 Å². The summed E-state index contributed by atoms with van der Waals surface area (Å²) in [6.07, 6.45) is 1.47. The molecule has 2 N–H and O–H groups in total. The summed E-state index contributed by atoms with van der Waals surface area (Å²) in [5.74, 6) is 1.18. The van der Waals surface area contributed by atoms with Crippen LogP contribution in [-0.2, 0) is 4.79 Å². The number of carbonyl (C=O) groups is 1. The fraction of sp³-hybridized carbons (Fsp3) is 0.160. The van der Waals surface area contributed by atoms with Gasteiger partial charge in [-0.1, -0.05) is 18.2 Å². The predicted molar refractivity (Wildman–Crippen MR) is 133 cm³/mol. The van der Waals surface area contributed by atoms with Gasteiger partial charge in [-0.05, 0) is 43.7 Å². The number of methoxy groups -OCH3 is 1. The highest BCUT2D eigenvalue weighted by Crippen LogP contribution is 2.20. The van der Waals surface area contributed by atoms with Crippen LogP contribution in [0.2, 0.25) is 0 Å². The third-order valence-corrected chi connectivity index (χ3v) is 5.38. The molecule has 2 aromatic carbocycles. The zero-order chi connectivity index (χ0) is 25.2. The number of hydrogen-bond acceptors (Lipinski definition) is 7. The van der Waals surface area contributed by atoms with Crippen molar-refractivity contribution in [1.82, 2.24) is 29.5 Å². The molecule has 3 heterocycles. The summed E-state index contributed by atoms with van der Waals surface area (Å²) in [5, 5.41) is 11.9. The Balaban J connectivity index is 1.44. The molecule has 36 heavy (non-hydrogen) atoms. The molecule has 0 saturated heterocycles. The summed E-state index contributed by atoms with van der Waals surface area (Å²) in [4.78, 5) is 32.8. The first-order valence-corrected chi connectivity index (χ1v) is 11.1. The van der Waals surface area contributed by atoms with E-state index < -0.39 is 5.91 Å². The van der Waals surface area contributed by atoms with Gasteiger partial charge >= 0.3 is 0 Å². The monoisotopic (exact) mass is 485 g/mol. The Morgan fingerprint density at radius 1 is 1.06 bits per heavy atom. The number of carbonyl (C=O) groups excluding carboxylic acids is 1. The standard InChI is InChI=1S/C25H23N7O4/c1-15-6-4-7-17(10-15)31-23-20(13-26-31)24(34)29-25(28-23)32-21(11-16(2)30-32)27-22(33)14-36-19-9-5-8-18(12-19)35-3/h4-13H,14H2,1-3H3,(H,27,33)(H,28,29,34). The number of amides is 1. The van der Waals surface area contributed by atoms with Crippen molar-refractivity contribution in [2.24, 2.45) is 0 Å². The molecular formula is C25H23N7O4. The molecule has 0 bridgehead atoms. The van der Waals surface area contributed by atoms with Crippen LogP contribution in [0, 0.1) is 13.8 Å². The van der Waals surface area contributed by atoms with Gasteiger partial charge in [0.25, 0.3) is 11.5 Å². The number of hydrogen-bond donors (Lipinski definition) is 2. The van der Waals surface area contributed by atoms with Crippen LogP contribution < -0.4 is 20.3 Å². The number of H-pyrrole nitrogens is 1. The van der Waals surface area contributed by atoms with E-state index in [1.165, 1.54) is 10.9 Å². The molecular weight excluding hydrogens is 462 g/mol. The average molecular weight is 486 g/mol. The number of aryl methyl sites for hydroxylation is 2. The molecule has 0 radical (unpaired) electrons. The molecule has 0 saturated carbocycles. The topological polar surface area (TPSA) is 129 Å². The number of nitrogens with zero attached hydrogens (tertiary/aromatic N) is 5. The van der Waals surface area contributed by atoms with Crippen molar-refractivity contribution in [3.8, 4) is 23.1 Å². The Bertz CT molecular complexity index is 1630. The molecule has 0 fully saturated rings. The van der Waals surface area contributed by atoms with Crippen molar-refractivity contribution in [2.45, 2.75) is 13.8 Å². The fourth-order valence-electron chi connectivity index (χ4n) is 3.72. The number of nitrogens with one attached hydrogen (secondary N) is 2. The van der Waals surface area contributed by atoms with Gasteiger partial charge in [-0.25, -0.2) is 4.68 Å². The first-order chi connectivity index (χ1) is 17.4. The van der Waals surface area contributed by atoms with E-state index in [4.69, 9.17) is 9.47 Å². The number of rotatable bonds is 7. The molecule has 0 aliphatic carbocycles. The quantitative estimate of drug-likeness (QED) is 0.363. The zero-order valence-electron chi connectivity index (χ0n) is 19.8. The van der Waals surface area contributed by atoms with Gasteiger partial charge in [0.1, 0.15) is 22.7 Å². The van der Waals surface area contributed by atoms with Crippen LogP contribution in [0.5, 0.6) is 11.5 Å². The summed E-state index contributed by atoms with van der Waals surface area (Å²) in [7, 11) is 1.55. The second-order valence-electron chi connectivity index (χ2n) is 8.12. The molecule has 1 amide bonds. The van der Waals surface area contributed by atoms with E-state index >= 15 is 0 Å². The summed E-state index contributed by atoms with van der Waals surface area (Å²) in [6.45, 7) is 3.51. The highest BCUT2D eigenvalue weighted by Gasteiger charge is 2.17. The average Bonchev–Trinajstić information content (AvgIpc) is 3.46. The third kappa shape index (κ3) is 4.53. The highest BCUT2D eigenvalue weighted by atomic mass is 16.5. The van der Waals surface area contributed by atoms with Gasteiger partial charge in [-0.3, -0.25) is 14.6 Å². The number of aromatic amines is 1. The lowest BCUT2D eigenvalue weighted by molar-refractivity contribution is -0.118. The van der Waals surface area contributed by atoms with Crippen LogP contribution in [0.1, 0.15) is 11.3 Å². The predicted octanol–water partition coefficient (Wildman–Crippen LogP) is 2.94. The smallest absolute Gasteiger partial charge is 0.263 e. The van der Waals surface area contributed by atoms with Crippen molar-refractivity contribution >= 4 is 22.8 Å². The molecule has 0 unspecified atom stereocenters. The molecule has 0 spiro atoms. The molecule has 3 aromatic heterocycles. The maximum Gasteiger partial charge on any atom is 0.263 e. The van der Waals surface area contributed by atoms with Crippen molar-refractivity contribution in [3.63, 3.8) is 0 Å².